The minimum atomic E-state index is -3.59. The van der Waals surface area contributed by atoms with E-state index in [9.17, 15) is 22.8 Å². The summed E-state index contributed by atoms with van der Waals surface area (Å²) in [5.74, 6) is -1.60. The van der Waals surface area contributed by atoms with Crippen LogP contribution in [0.15, 0.2) is 29.2 Å². The van der Waals surface area contributed by atoms with Gasteiger partial charge in [-0.05, 0) is 37.1 Å². The number of hydrogen-bond acceptors (Lipinski definition) is 6. The molecule has 176 valence electrons. The number of esters is 1. The van der Waals surface area contributed by atoms with E-state index in [1.807, 2.05) is 0 Å². The largest absolute Gasteiger partial charge is 0.467 e. The van der Waals surface area contributed by atoms with E-state index in [1.54, 1.807) is 26.0 Å². The van der Waals surface area contributed by atoms with Gasteiger partial charge in [0.2, 0.25) is 21.8 Å². The average Bonchev–Trinajstić information content (AvgIpc) is 3.41. The summed E-state index contributed by atoms with van der Waals surface area (Å²) in [6, 6.07) is 6.13. The summed E-state index contributed by atoms with van der Waals surface area (Å²) in [6.45, 7) is 4.47. The Hall–Kier alpha value is -2.46. The monoisotopic (exact) mass is 465 g/mol. The molecule has 0 bridgehead atoms. The van der Waals surface area contributed by atoms with Crippen LogP contribution in [0.4, 0.5) is 5.69 Å². The fourth-order valence-corrected chi connectivity index (χ4v) is 5.99. The molecular weight excluding hydrogens is 434 g/mol. The molecule has 1 atom stereocenters. The third-order valence-corrected chi connectivity index (χ3v) is 8.45. The topological polar surface area (TPSA) is 113 Å². The van der Waals surface area contributed by atoms with Crippen molar-refractivity contribution in [2.24, 2.45) is 5.92 Å². The van der Waals surface area contributed by atoms with E-state index in [0.717, 1.165) is 12.8 Å². The number of nitrogens with one attached hydrogen (secondary N) is 1. The van der Waals surface area contributed by atoms with Crippen LogP contribution in [0.3, 0.4) is 0 Å². The Kier molecular flexibility index (Phi) is 7.24. The van der Waals surface area contributed by atoms with Gasteiger partial charge in [-0.25, -0.2) is 13.2 Å². The molecule has 2 amide bonds. The molecule has 1 unspecified atom stereocenters. The predicted octanol–water partition coefficient (Wildman–Crippen LogP) is 1.67. The van der Waals surface area contributed by atoms with Crippen LogP contribution >= 0.6 is 0 Å². The molecule has 0 radical (unpaired) electrons. The highest BCUT2D eigenvalue weighted by Crippen LogP contribution is 2.33. The second kappa shape index (κ2) is 9.58. The Labute approximate surface area is 189 Å². The number of hydrogen-bond donors (Lipinski definition) is 1. The summed E-state index contributed by atoms with van der Waals surface area (Å²) in [4.78, 5) is 39.4. The Morgan fingerprint density at radius 3 is 2.28 bits per heavy atom. The average molecular weight is 466 g/mol. The second-order valence-corrected chi connectivity index (χ2v) is 10.2. The van der Waals surface area contributed by atoms with Crippen molar-refractivity contribution in [2.45, 2.75) is 56.4 Å². The van der Waals surface area contributed by atoms with Gasteiger partial charge >= 0.3 is 5.97 Å². The first-order chi connectivity index (χ1) is 15.2. The summed E-state index contributed by atoms with van der Waals surface area (Å²) < 4.78 is 31.6. The maximum atomic E-state index is 12.9. The number of carbonyl (C=O) groups is 3. The number of sulfonamides is 1. The van der Waals surface area contributed by atoms with Crippen LogP contribution in [0.25, 0.3) is 0 Å². The van der Waals surface area contributed by atoms with Crippen molar-refractivity contribution in [3.63, 3.8) is 0 Å². The van der Waals surface area contributed by atoms with E-state index < -0.39 is 27.4 Å². The molecule has 1 N–H and O–H groups in total. The summed E-state index contributed by atoms with van der Waals surface area (Å²) in [5.41, 5.74) is -0.477. The van der Waals surface area contributed by atoms with E-state index in [1.165, 1.54) is 28.4 Å². The van der Waals surface area contributed by atoms with E-state index in [4.69, 9.17) is 4.74 Å². The molecule has 2 aliphatic rings. The van der Waals surface area contributed by atoms with Crippen LogP contribution in [0.2, 0.25) is 0 Å². The van der Waals surface area contributed by atoms with Crippen LogP contribution in [0.1, 0.15) is 46.0 Å². The third-order valence-electron chi connectivity index (χ3n) is 6.38. The molecular formula is C22H31N3O6S. The fraction of sp³-hybridized carbons (Fsp3) is 0.591. The zero-order valence-corrected chi connectivity index (χ0v) is 19.6. The molecule has 10 heteroatoms. The van der Waals surface area contributed by atoms with Crippen molar-refractivity contribution < 1.29 is 27.5 Å². The maximum Gasteiger partial charge on any atom is 0.331 e. The molecule has 3 rings (SSSR count). The highest BCUT2D eigenvalue weighted by Gasteiger charge is 2.46. The minimum Gasteiger partial charge on any atom is -0.467 e. The van der Waals surface area contributed by atoms with Gasteiger partial charge in [-0.15, -0.1) is 0 Å². The zero-order valence-electron chi connectivity index (χ0n) is 18.8. The smallest absolute Gasteiger partial charge is 0.331 e. The normalized spacial score (nSPS) is 20.6. The van der Waals surface area contributed by atoms with Crippen molar-refractivity contribution in [2.75, 3.05) is 31.6 Å². The van der Waals surface area contributed by atoms with Gasteiger partial charge in [0.05, 0.1) is 17.9 Å². The van der Waals surface area contributed by atoms with Gasteiger partial charge in [-0.3, -0.25) is 9.59 Å². The first kappa shape index (κ1) is 24.2. The van der Waals surface area contributed by atoms with Gasteiger partial charge in [0.1, 0.15) is 5.54 Å². The number of ether oxygens (including phenoxy) is 1. The molecule has 1 aromatic carbocycles. The Morgan fingerprint density at radius 1 is 1.16 bits per heavy atom. The van der Waals surface area contributed by atoms with Gasteiger partial charge in [0.15, 0.2) is 0 Å². The Morgan fingerprint density at radius 2 is 1.75 bits per heavy atom. The lowest BCUT2D eigenvalue weighted by Crippen LogP contribution is -2.54. The molecule has 1 saturated heterocycles. The highest BCUT2D eigenvalue weighted by molar-refractivity contribution is 7.89. The van der Waals surface area contributed by atoms with Gasteiger partial charge in [0.25, 0.3) is 0 Å². The molecule has 2 fully saturated rings. The number of anilines is 1. The van der Waals surface area contributed by atoms with Crippen LogP contribution in [0, 0.1) is 5.92 Å². The fourth-order valence-electron chi connectivity index (χ4n) is 4.54. The van der Waals surface area contributed by atoms with Crippen molar-refractivity contribution in [3.05, 3.63) is 24.3 Å². The standard InChI is InChI=1S/C22H31N3O6S/c1-4-24(5-2)32(29,30)18-10-8-17(9-11-18)25-15-16(14-19(25)26)20(27)23-22(21(28)31-3)12-6-7-13-22/h8-11,16H,4-7,12-15H2,1-3H3,(H,23,27). The Balaban J connectivity index is 1.72. The number of amides is 2. The van der Waals surface area contributed by atoms with Crippen LogP contribution in [-0.2, 0) is 29.1 Å². The van der Waals surface area contributed by atoms with Crippen LogP contribution < -0.4 is 10.2 Å². The molecule has 0 spiro atoms. The molecule has 1 aromatic rings. The summed E-state index contributed by atoms with van der Waals surface area (Å²) in [5, 5.41) is 2.85. The van der Waals surface area contributed by atoms with Crippen LogP contribution in [0.5, 0.6) is 0 Å². The second-order valence-electron chi connectivity index (χ2n) is 8.26. The first-order valence-corrected chi connectivity index (χ1v) is 12.4. The number of benzene rings is 1. The number of rotatable bonds is 8. The molecule has 32 heavy (non-hydrogen) atoms. The van der Waals surface area contributed by atoms with Gasteiger partial charge in [-0.2, -0.15) is 4.31 Å². The minimum absolute atomic E-state index is 0.0303. The summed E-state index contributed by atoms with van der Waals surface area (Å²) in [6.07, 6.45) is 2.74. The van der Waals surface area contributed by atoms with E-state index in [2.05, 4.69) is 5.32 Å². The number of carbonyl (C=O) groups excluding carboxylic acids is 3. The SMILES string of the molecule is CCN(CC)S(=O)(=O)c1ccc(N2CC(C(=O)NC3(C(=O)OC)CCCC3)CC2=O)cc1. The van der Waals surface area contributed by atoms with Crippen molar-refractivity contribution in [3.8, 4) is 0 Å². The number of methoxy groups -OCH3 is 1. The van der Waals surface area contributed by atoms with Crippen molar-refractivity contribution in [1.29, 1.82) is 0 Å². The highest BCUT2D eigenvalue weighted by atomic mass is 32.2. The van der Waals surface area contributed by atoms with Crippen LogP contribution in [-0.4, -0.2) is 62.8 Å². The lowest BCUT2D eigenvalue weighted by Gasteiger charge is -2.28. The Bertz CT molecular complexity index is 966. The molecule has 1 aliphatic heterocycles. The van der Waals surface area contributed by atoms with Crippen molar-refractivity contribution >= 4 is 33.5 Å². The quantitative estimate of drug-likeness (QED) is 0.585. The summed E-state index contributed by atoms with van der Waals surface area (Å²) in [7, 11) is -2.28. The lowest BCUT2D eigenvalue weighted by atomic mass is 9.96. The van der Waals surface area contributed by atoms with E-state index in [-0.39, 0.29) is 29.7 Å². The zero-order chi connectivity index (χ0) is 23.5. The molecule has 1 aliphatic carbocycles. The molecule has 9 nitrogen and oxygen atoms in total. The first-order valence-electron chi connectivity index (χ1n) is 11.0. The summed E-state index contributed by atoms with van der Waals surface area (Å²) >= 11 is 0. The van der Waals surface area contributed by atoms with Gasteiger partial charge < -0.3 is 15.0 Å². The lowest BCUT2D eigenvalue weighted by molar-refractivity contribution is -0.151. The van der Waals surface area contributed by atoms with Gasteiger partial charge in [0, 0.05) is 31.7 Å². The number of nitrogens with zero attached hydrogens (tertiary/aromatic N) is 2. The van der Waals surface area contributed by atoms with Crippen molar-refractivity contribution in [1.82, 2.24) is 9.62 Å². The third kappa shape index (κ3) is 4.52. The predicted molar refractivity (Wildman–Crippen MR) is 118 cm³/mol. The molecule has 1 saturated carbocycles. The maximum absolute atomic E-state index is 12.9. The molecule has 1 heterocycles. The van der Waals surface area contributed by atoms with E-state index in [0.29, 0.717) is 31.6 Å². The molecule has 0 aromatic heterocycles. The van der Waals surface area contributed by atoms with E-state index >= 15 is 0 Å². The van der Waals surface area contributed by atoms with Gasteiger partial charge in [-0.1, -0.05) is 26.7 Å².